The number of amides is 3. The molecule has 1 aromatic rings. The van der Waals surface area contributed by atoms with Gasteiger partial charge in [-0.1, -0.05) is 6.07 Å². The molecular weight excluding hydrogens is 302 g/mol. The molecule has 2 aliphatic heterocycles. The van der Waals surface area contributed by atoms with Gasteiger partial charge in [-0.15, -0.1) is 11.8 Å². The minimum Gasteiger partial charge on any atom is -0.342 e. The number of hydrogen-bond donors (Lipinski definition) is 1. The fourth-order valence-electron chi connectivity index (χ4n) is 2.60. The number of fused-ring (bicyclic) bond motifs is 1. The van der Waals surface area contributed by atoms with E-state index in [9.17, 15) is 14.4 Å². The van der Waals surface area contributed by atoms with E-state index in [-0.39, 0.29) is 11.8 Å². The van der Waals surface area contributed by atoms with Crippen molar-refractivity contribution in [1.29, 1.82) is 0 Å². The van der Waals surface area contributed by atoms with Crippen molar-refractivity contribution in [2.24, 2.45) is 0 Å². The van der Waals surface area contributed by atoms with E-state index in [1.165, 1.54) is 11.8 Å². The lowest BCUT2D eigenvalue weighted by Crippen LogP contribution is -2.48. The molecule has 3 rings (SSSR count). The summed E-state index contributed by atoms with van der Waals surface area (Å²) in [4.78, 5) is 38.9. The number of rotatable bonds is 3. The highest BCUT2D eigenvalue weighted by molar-refractivity contribution is 8.00. The van der Waals surface area contributed by atoms with Crippen molar-refractivity contribution in [1.82, 2.24) is 9.80 Å². The third-order valence-electron chi connectivity index (χ3n) is 3.85. The third kappa shape index (κ3) is 3.24. The minimum atomic E-state index is -0.00837. The number of nitrogens with one attached hydrogen (secondary N) is 1. The molecule has 7 heteroatoms. The summed E-state index contributed by atoms with van der Waals surface area (Å²) in [6, 6.07) is 5.76. The quantitative estimate of drug-likeness (QED) is 0.827. The van der Waals surface area contributed by atoms with Crippen LogP contribution >= 0.6 is 11.8 Å². The van der Waals surface area contributed by atoms with Gasteiger partial charge in [0.1, 0.15) is 0 Å². The summed E-state index contributed by atoms with van der Waals surface area (Å²) in [7, 11) is 0. The van der Waals surface area contributed by atoms with E-state index in [0.29, 0.717) is 38.4 Å². The SMILES string of the molecule is O=CN1CCN(C(=O)Cc2ccc3c(c2)NC(=O)CS3)CC1. The molecule has 0 unspecified atom stereocenters. The van der Waals surface area contributed by atoms with Gasteiger partial charge in [0.15, 0.2) is 0 Å². The van der Waals surface area contributed by atoms with Crippen LogP contribution in [-0.4, -0.2) is 60.0 Å². The van der Waals surface area contributed by atoms with Crippen molar-refractivity contribution in [2.75, 3.05) is 37.2 Å². The summed E-state index contributed by atoms with van der Waals surface area (Å²) in [5.74, 6) is 0.484. The van der Waals surface area contributed by atoms with Gasteiger partial charge in [-0.3, -0.25) is 14.4 Å². The Kier molecular flexibility index (Phi) is 4.33. The first-order chi connectivity index (χ1) is 10.7. The predicted octanol–water partition coefficient (Wildman–Crippen LogP) is 0.574. The minimum absolute atomic E-state index is 0.00837. The maximum atomic E-state index is 12.3. The largest absolute Gasteiger partial charge is 0.342 e. The Labute approximate surface area is 132 Å². The second-order valence-corrected chi connectivity index (χ2v) is 6.38. The Morgan fingerprint density at radius 1 is 1.27 bits per heavy atom. The van der Waals surface area contributed by atoms with Crippen LogP contribution in [-0.2, 0) is 20.8 Å². The van der Waals surface area contributed by atoms with E-state index in [1.807, 2.05) is 18.2 Å². The van der Waals surface area contributed by atoms with Crippen molar-refractivity contribution < 1.29 is 14.4 Å². The molecule has 2 aliphatic rings. The van der Waals surface area contributed by atoms with Crippen LogP contribution in [0.25, 0.3) is 0 Å². The van der Waals surface area contributed by atoms with E-state index in [1.54, 1.807) is 9.80 Å². The summed E-state index contributed by atoms with van der Waals surface area (Å²) >= 11 is 1.51. The second-order valence-electron chi connectivity index (χ2n) is 5.37. The molecule has 1 aromatic carbocycles. The standard InChI is InChI=1S/C15H17N3O3S/c19-10-17-3-5-18(6-4-17)15(21)8-11-1-2-13-12(7-11)16-14(20)9-22-13/h1-2,7,10H,3-6,8-9H2,(H,16,20). The molecule has 0 saturated carbocycles. The van der Waals surface area contributed by atoms with Gasteiger partial charge in [0.05, 0.1) is 17.9 Å². The smallest absolute Gasteiger partial charge is 0.234 e. The van der Waals surface area contributed by atoms with Crippen LogP contribution in [0.4, 0.5) is 5.69 Å². The number of carbonyl (C=O) groups excluding carboxylic acids is 3. The first kappa shape index (κ1) is 14.9. The van der Waals surface area contributed by atoms with Crippen LogP contribution in [0.5, 0.6) is 0 Å². The van der Waals surface area contributed by atoms with Crippen LogP contribution in [0.2, 0.25) is 0 Å². The molecule has 0 spiro atoms. The molecular formula is C15H17N3O3S. The van der Waals surface area contributed by atoms with Crippen LogP contribution in [0.15, 0.2) is 23.1 Å². The zero-order chi connectivity index (χ0) is 15.5. The van der Waals surface area contributed by atoms with Crippen molar-refractivity contribution in [2.45, 2.75) is 11.3 Å². The third-order valence-corrected chi connectivity index (χ3v) is 4.92. The van der Waals surface area contributed by atoms with Crippen LogP contribution in [0.3, 0.4) is 0 Å². The summed E-state index contributed by atoms with van der Waals surface area (Å²) < 4.78 is 0. The Hall–Kier alpha value is -2.02. The normalized spacial score (nSPS) is 17.7. The van der Waals surface area contributed by atoms with Crippen molar-refractivity contribution in [3.63, 3.8) is 0 Å². The van der Waals surface area contributed by atoms with Crippen molar-refractivity contribution >= 4 is 35.7 Å². The molecule has 2 heterocycles. The Bertz CT molecular complexity index is 612. The highest BCUT2D eigenvalue weighted by atomic mass is 32.2. The number of anilines is 1. The highest BCUT2D eigenvalue weighted by Crippen LogP contribution is 2.32. The van der Waals surface area contributed by atoms with Crippen LogP contribution in [0, 0.1) is 0 Å². The van der Waals surface area contributed by atoms with E-state index in [4.69, 9.17) is 0 Å². The lowest BCUT2D eigenvalue weighted by Gasteiger charge is -2.32. The van der Waals surface area contributed by atoms with E-state index >= 15 is 0 Å². The summed E-state index contributed by atoms with van der Waals surface area (Å²) in [5.41, 5.74) is 1.68. The number of benzene rings is 1. The van der Waals surface area contributed by atoms with Gasteiger partial charge in [0.2, 0.25) is 18.2 Å². The molecule has 0 aromatic heterocycles. The van der Waals surface area contributed by atoms with Gasteiger partial charge < -0.3 is 15.1 Å². The number of nitrogens with zero attached hydrogens (tertiary/aromatic N) is 2. The van der Waals surface area contributed by atoms with Gasteiger partial charge in [0.25, 0.3) is 0 Å². The molecule has 0 bridgehead atoms. The Morgan fingerprint density at radius 2 is 2.05 bits per heavy atom. The first-order valence-electron chi connectivity index (χ1n) is 7.18. The van der Waals surface area contributed by atoms with Gasteiger partial charge in [-0.2, -0.15) is 0 Å². The molecule has 0 aliphatic carbocycles. The molecule has 1 saturated heterocycles. The predicted molar refractivity (Wildman–Crippen MR) is 83.7 cm³/mol. The van der Waals surface area contributed by atoms with Gasteiger partial charge in [-0.05, 0) is 17.7 Å². The number of carbonyl (C=O) groups is 3. The number of hydrogen-bond acceptors (Lipinski definition) is 4. The molecule has 22 heavy (non-hydrogen) atoms. The fourth-order valence-corrected chi connectivity index (χ4v) is 3.39. The van der Waals surface area contributed by atoms with Crippen LogP contribution in [0.1, 0.15) is 5.56 Å². The van der Waals surface area contributed by atoms with Crippen LogP contribution < -0.4 is 5.32 Å². The average Bonchev–Trinajstić information content (AvgIpc) is 2.54. The van der Waals surface area contributed by atoms with Crippen molar-refractivity contribution in [3.05, 3.63) is 23.8 Å². The van der Waals surface area contributed by atoms with E-state index < -0.39 is 0 Å². The van der Waals surface area contributed by atoms with E-state index in [2.05, 4.69) is 5.32 Å². The first-order valence-corrected chi connectivity index (χ1v) is 8.17. The van der Waals surface area contributed by atoms with Gasteiger partial charge in [0, 0.05) is 31.1 Å². The zero-order valence-corrected chi connectivity index (χ0v) is 12.9. The summed E-state index contributed by atoms with van der Waals surface area (Å²) in [5, 5.41) is 2.84. The summed E-state index contributed by atoms with van der Waals surface area (Å²) in [6.45, 7) is 2.34. The topological polar surface area (TPSA) is 69.7 Å². The summed E-state index contributed by atoms with van der Waals surface area (Å²) in [6.07, 6.45) is 1.14. The molecule has 0 radical (unpaired) electrons. The average molecular weight is 319 g/mol. The highest BCUT2D eigenvalue weighted by Gasteiger charge is 2.21. The zero-order valence-electron chi connectivity index (χ0n) is 12.1. The molecule has 116 valence electrons. The fraction of sp³-hybridized carbons (Fsp3) is 0.400. The molecule has 6 nitrogen and oxygen atoms in total. The van der Waals surface area contributed by atoms with Gasteiger partial charge >= 0.3 is 0 Å². The Balaban J connectivity index is 1.63. The lowest BCUT2D eigenvalue weighted by atomic mass is 10.1. The van der Waals surface area contributed by atoms with Crippen molar-refractivity contribution in [3.8, 4) is 0 Å². The monoisotopic (exact) mass is 319 g/mol. The van der Waals surface area contributed by atoms with Gasteiger partial charge in [-0.25, -0.2) is 0 Å². The number of piperazine rings is 1. The molecule has 3 amide bonds. The molecule has 0 atom stereocenters. The molecule has 1 N–H and O–H groups in total. The molecule has 1 fully saturated rings. The van der Waals surface area contributed by atoms with E-state index in [0.717, 1.165) is 22.6 Å². The number of thioether (sulfide) groups is 1. The maximum Gasteiger partial charge on any atom is 0.234 e. The maximum absolute atomic E-state index is 12.3. The second kappa shape index (κ2) is 6.39. The lowest BCUT2D eigenvalue weighted by molar-refractivity contribution is -0.134. The Morgan fingerprint density at radius 3 is 2.77 bits per heavy atom.